The van der Waals surface area contributed by atoms with E-state index in [0.717, 1.165) is 0 Å². The Morgan fingerprint density at radius 3 is 2.33 bits per heavy atom. The molecular weight excluding hydrogens is 200 g/mol. The summed E-state index contributed by atoms with van der Waals surface area (Å²) in [6.45, 7) is 6.36. The summed E-state index contributed by atoms with van der Waals surface area (Å²) >= 11 is 0. The Balaban J connectivity index is 2.78. The van der Waals surface area contributed by atoms with E-state index in [-0.39, 0.29) is 0 Å². The number of rotatable bonds is 4. The van der Waals surface area contributed by atoms with Gasteiger partial charge in [-0.3, -0.25) is 0 Å². The fourth-order valence-corrected chi connectivity index (χ4v) is 1.62. The van der Waals surface area contributed by atoms with E-state index in [1.54, 1.807) is 13.8 Å². The summed E-state index contributed by atoms with van der Waals surface area (Å²) in [4.78, 5) is 0. The lowest BCUT2D eigenvalue weighted by Crippen LogP contribution is -2.43. The van der Waals surface area contributed by atoms with Gasteiger partial charge in [0.25, 0.3) is 0 Å². The zero-order valence-electron chi connectivity index (χ0n) is 8.96. The molecule has 15 heavy (non-hydrogen) atoms. The van der Waals surface area contributed by atoms with E-state index in [9.17, 15) is 10.2 Å². The van der Waals surface area contributed by atoms with Crippen LogP contribution in [0.5, 0.6) is 0 Å². The first-order valence-corrected chi connectivity index (χ1v) is 4.86. The van der Waals surface area contributed by atoms with Crippen LogP contribution in [0.1, 0.15) is 13.8 Å². The SMILES string of the molecule is C=CC(O)C1OC(C)(C)OC1C(O)CO. The molecule has 0 aliphatic carbocycles. The van der Waals surface area contributed by atoms with Gasteiger partial charge in [-0.25, -0.2) is 0 Å². The number of hydrogen-bond donors (Lipinski definition) is 3. The molecule has 0 amide bonds. The van der Waals surface area contributed by atoms with E-state index in [1.807, 2.05) is 0 Å². The average molecular weight is 218 g/mol. The van der Waals surface area contributed by atoms with Gasteiger partial charge in [-0.2, -0.15) is 0 Å². The molecule has 1 aliphatic rings. The summed E-state index contributed by atoms with van der Waals surface area (Å²) in [5.41, 5.74) is 0. The number of hydrogen-bond acceptors (Lipinski definition) is 5. The second kappa shape index (κ2) is 4.59. The third kappa shape index (κ3) is 2.76. The van der Waals surface area contributed by atoms with Crippen LogP contribution in [0.25, 0.3) is 0 Å². The topological polar surface area (TPSA) is 79.2 Å². The monoisotopic (exact) mass is 218 g/mol. The van der Waals surface area contributed by atoms with Gasteiger partial charge in [0.1, 0.15) is 24.4 Å². The largest absolute Gasteiger partial charge is 0.394 e. The lowest BCUT2D eigenvalue weighted by molar-refractivity contribution is -0.160. The second-order valence-corrected chi connectivity index (χ2v) is 4.04. The van der Waals surface area contributed by atoms with Crippen LogP contribution in [0.2, 0.25) is 0 Å². The molecule has 1 fully saturated rings. The summed E-state index contributed by atoms with van der Waals surface area (Å²) < 4.78 is 10.8. The van der Waals surface area contributed by atoms with Crippen molar-refractivity contribution < 1.29 is 24.8 Å². The molecule has 0 bridgehead atoms. The van der Waals surface area contributed by atoms with Crippen LogP contribution in [0.3, 0.4) is 0 Å². The Hall–Kier alpha value is -0.460. The molecule has 88 valence electrons. The van der Waals surface area contributed by atoms with E-state index in [0.29, 0.717) is 0 Å². The lowest BCUT2D eigenvalue weighted by atomic mass is 10.0. The summed E-state index contributed by atoms with van der Waals surface area (Å²) in [7, 11) is 0. The Labute approximate surface area is 88.9 Å². The van der Waals surface area contributed by atoms with Crippen molar-refractivity contribution >= 4 is 0 Å². The predicted octanol–water partition coefficient (Wildman–Crippen LogP) is -0.593. The fraction of sp³-hybridized carbons (Fsp3) is 0.800. The van der Waals surface area contributed by atoms with Gasteiger partial charge in [0.2, 0.25) is 0 Å². The first-order valence-electron chi connectivity index (χ1n) is 4.86. The third-order valence-electron chi connectivity index (χ3n) is 2.31. The van der Waals surface area contributed by atoms with Gasteiger partial charge >= 0.3 is 0 Å². The highest BCUT2D eigenvalue weighted by Crippen LogP contribution is 2.31. The Morgan fingerprint density at radius 2 is 1.87 bits per heavy atom. The van der Waals surface area contributed by atoms with Gasteiger partial charge in [0, 0.05) is 0 Å². The molecule has 1 saturated heterocycles. The molecule has 5 heteroatoms. The Kier molecular flexibility index (Phi) is 3.86. The van der Waals surface area contributed by atoms with Gasteiger partial charge in [0.15, 0.2) is 5.79 Å². The van der Waals surface area contributed by atoms with Crippen molar-refractivity contribution in [1.82, 2.24) is 0 Å². The molecule has 0 aromatic carbocycles. The zero-order chi connectivity index (χ0) is 11.6. The number of ether oxygens (including phenoxy) is 2. The number of aliphatic hydroxyl groups is 3. The molecule has 1 heterocycles. The minimum Gasteiger partial charge on any atom is -0.394 e. The molecule has 1 rings (SSSR count). The van der Waals surface area contributed by atoms with Crippen molar-refractivity contribution in [1.29, 1.82) is 0 Å². The van der Waals surface area contributed by atoms with Crippen molar-refractivity contribution in [3.05, 3.63) is 12.7 Å². The molecule has 4 unspecified atom stereocenters. The first kappa shape index (κ1) is 12.6. The van der Waals surface area contributed by atoms with Crippen LogP contribution < -0.4 is 0 Å². The number of aliphatic hydroxyl groups excluding tert-OH is 3. The molecule has 0 saturated carbocycles. The maximum absolute atomic E-state index is 9.59. The van der Waals surface area contributed by atoms with Gasteiger partial charge < -0.3 is 24.8 Å². The van der Waals surface area contributed by atoms with Crippen LogP contribution >= 0.6 is 0 Å². The lowest BCUT2D eigenvalue weighted by Gasteiger charge is -2.22. The molecule has 0 radical (unpaired) electrons. The first-order chi connectivity index (χ1) is 6.91. The molecule has 0 aromatic rings. The van der Waals surface area contributed by atoms with E-state index >= 15 is 0 Å². The van der Waals surface area contributed by atoms with Crippen molar-refractivity contribution in [2.24, 2.45) is 0 Å². The van der Waals surface area contributed by atoms with Crippen molar-refractivity contribution in [2.75, 3.05) is 6.61 Å². The van der Waals surface area contributed by atoms with E-state index in [4.69, 9.17) is 14.6 Å². The standard InChI is InChI=1S/C10H18O5/c1-4-6(12)8-9(7(13)5-11)15-10(2,3)14-8/h4,6-9,11-13H,1,5H2,2-3H3. The summed E-state index contributed by atoms with van der Waals surface area (Å²) in [5, 5.41) is 27.9. The maximum Gasteiger partial charge on any atom is 0.164 e. The second-order valence-electron chi connectivity index (χ2n) is 4.04. The molecule has 0 aromatic heterocycles. The highest BCUT2D eigenvalue weighted by molar-refractivity contribution is 4.96. The highest BCUT2D eigenvalue weighted by atomic mass is 16.8. The fourth-order valence-electron chi connectivity index (χ4n) is 1.62. The quantitative estimate of drug-likeness (QED) is 0.549. The zero-order valence-corrected chi connectivity index (χ0v) is 8.96. The predicted molar refractivity (Wildman–Crippen MR) is 53.1 cm³/mol. The minimum atomic E-state index is -1.08. The van der Waals surface area contributed by atoms with Crippen molar-refractivity contribution in [2.45, 2.75) is 44.1 Å². The highest BCUT2D eigenvalue weighted by Gasteiger charge is 2.46. The third-order valence-corrected chi connectivity index (χ3v) is 2.31. The van der Waals surface area contributed by atoms with Crippen molar-refractivity contribution in [3.63, 3.8) is 0 Å². The molecule has 3 N–H and O–H groups in total. The molecule has 4 atom stereocenters. The van der Waals surface area contributed by atoms with E-state index < -0.39 is 36.8 Å². The molecular formula is C10H18O5. The smallest absolute Gasteiger partial charge is 0.164 e. The minimum absolute atomic E-state index is 0.440. The van der Waals surface area contributed by atoms with Crippen LogP contribution in [-0.2, 0) is 9.47 Å². The van der Waals surface area contributed by atoms with Crippen LogP contribution in [-0.4, -0.2) is 52.1 Å². The summed E-state index contributed by atoms with van der Waals surface area (Å²) in [6, 6.07) is 0. The normalized spacial score (nSPS) is 33.7. The molecule has 0 spiro atoms. The van der Waals surface area contributed by atoms with Gasteiger partial charge in [-0.1, -0.05) is 6.08 Å². The summed E-state index contributed by atoms with van der Waals surface area (Å²) in [6.07, 6.45) is -2.16. The van der Waals surface area contributed by atoms with E-state index in [1.165, 1.54) is 6.08 Å². The average Bonchev–Trinajstić information content (AvgIpc) is 2.52. The maximum atomic E-state index is 9.59. The van der Waals surface area contributed by atoms with Gasteiger partial charge in [0.05, 0.1) is 6.61 Å². The van der Waals surface area contributed by atoms with Gasteiger partial charge in [-0.15, -0.1) is 6.58 Å². The van der Waals surface area contributed by atoms with Crippen LogP contribution in [0.4, 0.5) is 0 Å². The summed E-state index contributed by atoms with van der Waals surface area (Å²) in [5.74, 6) is -0.879. The van der Waals surface area contributed by atoms with E-state index in [2.05, 4.69) is 6.58 Å². The van der Waals surface area contributed by atoms with Crippen molar-refractivity contribution in [3.8, 4) is 0 Å². The Morgan fingerprint density at radius 1 is 1.33 bits per heavy atom. The molecule has 1 aliphatic heterocycles. The van der Waals surface area contributed by atoms with Gasteiger partial charge in [-0.05, 0) is 13.8 Å². The Bertz CT molecular complexity index is 228. The van der Waals surface area contributed by atoms with Crippen LogP contribution in [0, 0.1) is 0 Å². The molecule has 5 nitrogen and oxygen atoms in total. The van der Waals surface area contributed by atoms with Crippen LogP contribution in [0.15, 0.2) is 12.7 Å².